The lowest BCUT2D eigenvalue weighted by atomic mass is 10.0. The molecule has 5 heteroatoms. The largest absolute Gasteiger partial charge is 0.478 e. The molecule has 0 fully saturated rings. The van der Waals surface area contributed by atoms with Crippen molar-refractivity contribution in [1.29, 1.82) is 0 Å². The highest BCUT2D eigenvalue weighted by Gasteiger charge is 2.17. The van der Waals surface area contributed by atoms with Gasteiger partial charge in [0.05, 0.1) is 10.9 Å². The van der Waals surface area contributed by atoms with E-state index in [0.717, 1.165) is 0 Å². The first kappa shape index (κ1) is 11.7. The summed E-state index contributed by atoms with van der Waals surface area (Å²) in [7, 11) is 0. The van der Waals surface area contributed by atoms with Crippen molar-refractivity contribution < 1.29 is 14.4 Å². The summed E-state index contributed by atoms with van der Waals surface area (Å²) in [5.41, 5.74) is 1.29. The van der Waals surface area contributed by atoms with Crippen LogP contribution in [0.4, 0.5) is 0 Å². The molecular weight excluding hydrogens is 266 g/mol. The molecule has 0 aliphatic carbocycles. The lowest BCUT2D eigenvalue weighted by Crippen LogP contribution is -1.98. The van der Waals surface area contributed by atoms with Crippen molar-refractivity contribution in [3.63, 3.8) is 0 Å². The van der Waals surface area contributed by atoms with Crippen LogP contribution in [-0.4, -0.2) is 16.2 Å². The first-order valence-electron chi connectivity index (χ1n) is 5.54. The van der Waals surface area contributed by atoms with Crippen LogP contribution in [0.5, 0.6) is 0 Å². The van der Waals surface area contributed by atoms with Crippen LogP contribution >= 0.6 is 11.6 Å². The number of aromatic nitrogens is 1. The molecule has 0 saturated heterocycles. The summed E-state index contributed by atoms with van der Waals surface area (Å²) >= 11 is 5.95. The van der Waals surface area contributed by atoms with E-state index >= 15 is 0 Å². The minimum absolute atomic E-state index is 0.167. The molecule has 0 spiro atoms. The van der Waals surface area contributed by atoms with E-state index in [4.69, 9.17) is 16.1 Å². The summed E-state index contributed by atoms with van der Waals surface area (Å²) in [5.74, 6) is -0.599. The smallest absolute Gasteiger partial charge is 0.336 e. The molecule has 3 rings (SSSR count). The molecule has 0 radical (unpaired) electrons. The predicted octanol–water partition coefficient (Wildman–Crippen LogP) is 3.85. The number of carboxylic acid groups (broad SMARTS) is 1. The third kappa shape index (κ3) is 1.96. The predicted molar refractivity (Wildman–Crippen MR) is 71.4 cm³/mol. The number of hydrogen-bond acceptors (Lipinski definition) is 3. The number of rotatable bonds is 2. The molecular formula is C14H8ClNO3. The summed E-state index contributed by atoms with van der Waals surface area (Å²) in [6.07, 6.45) is 0. The van der Waals surface area contributed by atoms with E-state index in [0.29, 0.717) is 27.2 Å². The van der Waals surface area contributed by atoms with E-state index in [1.54, 1.807) is 36.4 Å². The summed E-state index contributed by atoms with van der Waals surface area (Å²) in [4.78, 5) is 11.2. The van der Waals surface area contributed by atoms with Gasteiger partial charge in [0.2, 0.25) is 0 Å². The number of hydrogen-bond donors (Lipinski definition) is 1. The van der Waals surface area contributed by atoms with Crippen molar-refractivity contribution in [1.82, 2.24) is 5.16 Å². The van der Waals surface area contributed by atoms with Crippen LogP contribution in [-0.2, 0) is 0 Å². The number of benzene rings is 2. The first-order chi connectivity index (χ1) is 9.16. The molecule has 2 aromatic carbocycles. The van der Waals surface area contributed by atoms with E-state index in [1.165, 1.54) is 6.07 Å². The highest BCUT2D eigenvalue weighted by atomic mass is 35.5. The highest BCUT2D eigenvalue weighted by Crippen LogP contribution is 2.32. The fourth-order valence-electron chi connectivity index (χ4n) is 1.98. The summed E-state index contributed by atoms with van der Waals surface area (Å²) in [6, 6.07) is 11.8. The van der Waals surface area contributed by atoms with Gasteiger partial charge >= 0.3 is 5.97 Å². The molecule has 3 aromatic rings. The monoisotopic (exact) mass is 273 g/mol. The lowest BCUT2D eigenvalue weighted by molar-refractivity contribution is 0.0697. The van der Waals surface area contributed by atoms with Crippen LogP contribution in [0.25, 0.3) is 22.2 Å². The van der Waals surface area contributed by atoms with Gasteiger partial charge in [-0.2, -0.15) is 0 Å². The molecule has 94 valence electrons. The number of aromatic carboxylic acids is 1. The van der Waals surface area contributed by atoms with Gasteiger partial charge in [-0.1, -0.05) is 35.0 Å². The molecule has 1 aromatic heterocycles. The Labute approximate surface area is 113 Å². The zero-order valence-corrected chi connectivity index (χ0v) is 10.4. The van der Waals surface area contributed by atoms with E-state index in [9.17, 15) is 9.90 Å². The van der Waals surface area contributed by atoms with Gasteiger partial charge in [0, 0.05) is 10.6 Å². The number of carboxylic acids is 1. The maximum Gasteiger partial charge on any atom is 0.336 e. The van der Waals surface area contributed by atoms with E-state index < -0.39 is 5.97 Å². The Bertz CT molecular complexity index is 779. The van der Waals surface area contributed by atoms with Crippen LogP contribution in [0, 0.1) is 0 Å². The van der Waals surface area contributed by atoms with Crippen molar-refractivity contribution in [2.45, 2.75) is 0 Å². The molecule has 0 unspecified atom stereocenters. The lowest BCUT2D eigenvalue weighted by Gasteiger charge is -2.02. The summed E-state index contributed by atoms with van der Waals surface area (Å²) in [6.45, 7) is 0. The maximum absolute atomic E-state index is 11.2. The number of carbonyl (C=O) groups is 1. The molecule has 0 atom stereocenters. The van der Waals surface area contributed by atoms with Crippen LogP contribution in [0.15, 0.2) is 47.0 Å². The minimum Gasteiger partial charge on any atom is -0.478 e. The average molecular weight is 274 g/mol. The first-order valence-corrected chi connectivity index (χ1v) is 5.92. The van der Waals surface area contributed by atoms with Crippen molar-refractivity contribution in [3.05, 3.63) is 53.1 Å². The van der Waals surface area contributed by atoms with Crippen LogP contribution in [0.3, 0.4) is 0 Å². The zero-order chi connectivity index (χ0) is 13.4. The Hall–Kier alpha value is -2.33. The maximum atomic E-state index is 11.2. The molecule has 1 heterocycles. The van der Waals surface area contributed by atoms with Gasteiger partial charge in [-0.25, -0.2) is 4.79 Å². The second-order valence-electron chi connectivity index (χ2n) is 4.02. The second kappa shape index (κ2) is 4.40. The van der Waals surface area contributed by atoms with Crippen LogP contribution in [0.2, 0.25) is 5.02 Å². The van der Waals surface area contributed by atoms with Gasteiger partial charge < -0.3 is 9.63 Å². The van der Waals surface area contributed by atoms with Gasteiger partial charge in [-0.15, -0.1) is 0 Å². The van der Waals surface area contributed by atoms with Crippen LogP contribution in [0.1, 0.15) is 10.4 Å². The van der Waals surface area contributed by atoms with Gasteiger partial charge in [-0.3, -0.25) is 0 Å². The average Bonchev–Trinajstić information content (AvgIpc) is 2.81. The van der Waals surface area contributed by atoms with Gasteiger partial charge in [0.1, 0.15) is 5.52 Å². The molecule has 4 nitrogen and oxygen atoms in total. The van der Waals surface area contributed by atoms with E-state index in [1.807, 2.05) is 0 Å². The Balaban J connectivity index is 2.31. The Morgan fingerprint density at radius 1 is 1.21 bits per heavy atom. The van der Waals surface area contributed by atoms with Crippen molar-refractivity contribution in [2.75, 3.05) is 0 Å². The summed E-state index contributed by atoms with van der Waals surface area (Å²) < 4.78 is 5.27. The Morgan fingerprint density at radius 3 is 2.79 bits per heavy atom. The third-order valence-corrected chi connectivity index (χ3v) is 3.08. The molecule has 0 saturated carbocycles. The molecule has 0 bridgehead atoms. The van der Waals surface area contributed by atoms with Crippen molar-refractivity contribution >= 4 is 28.5 Å². The Kier molecular flexibility index (Phi) is 2.72. The molecule has 1 N–H and O–H groups in total. The molecule has 0 amide bonds. The van der Waals surface area contributed by atoms with Gasteiger partial charge in [0.15, 0.2) is 5.76 Å². The zero-order valence-electron chi connectivity index (χ0n) is 9.63. The number of halogens is 1. The number of fused-ring (bicyclic) bond motifs is 1. The number of nitrogens with zero attached hydrogens (tertiary/aromatic N) is 1. The Morgan fingerprint density at radius 2 is 2.00 bits per heavy atom. The highest BCUT2D eigenvalue weighted by molar-refractivity contribution is 6.31. The van der Waals surface area contributed by atoms with Crippen LogP contribution < -0.4 is 0 Å². The topological polar surface area (TPSA) is 63.3 Å². The SMILES string of the molecule is O=C(O)c1ccccc1-c1onc2ccc(Cl)cc12. The van der Waals surface area contributed by atoms with Crippen molar-refractivity contribution in [3.8, 4) is 11.3 Å². The van der Waals surface area contributed by atoms with Crippen molar-refractivity contribution in [2.24, 2.45) is 0 Å². The van der Waals surface area contributed by atoms with Gasteiger partial charge in [-0.05, 0) is 24.3 Å². The third-order valence-electron chi connectivity index (χ3n) is 2.84. The molecule has 0 aliphatic heterocycles. The molecule has 19 heavy (non-hydrogen) atoms. The summed E-state index contributed by atoms with van der Waals surface area (Å²) in [5, 5.41) is 14.4. The second-order valence-corrected chi connectivity index (χ2v) is 4.46. The van der Waals surface area contributed by atoms with E-state index in [-0.39, 0.29) is 5.56 Å². The van der Waals surface area contributed by atoms with E-state index in [2.05, 4.69) is 5.16 Å². The minimum atomic E-state index is -1.01. The molecule has 0 aliphatic rings. The standard InChI is InChI=1S/C14H8ClNO3/c15-8-5-6-12-11(7-8)13(19-16-12)9-3-1-2-4-10(9)14(17)18/h1-7H,(H,17,18). The van der Waals surface area contributed by atoms with Gasteiger partial charge in [0.25, 0.3) is 0 Å². The fraction of sp³-hybridized carbons (Fsp3) is 0. The quantitative estimate of drug-likeness (QED) is 0.770. The normalized spacial score (nSPS) is 10.8. The fourth-order valence-corrected chi connectivity index (χ4v) is 2.15.